The second-order valence-electron chi connectivity index (χ2n) is 6.51. The van der Waals surface area contributed by atoms with Crippen LogP contribution in [-0.4, -0.2) is 32.0 Å². The van der Waals surface area contributed by atoms with Gasteiger partial charge in [-0.3, -0.25) is 4.79 Å². The summed E-state index contributed by atoms with van der Waals surface area (Å²) in [6, 6.07) is 7.00. The van der Waals surface area contributed by atoms with Gasteiger partial charge in [-0.25, -0.2) is 9.48 Å². The average Bonchev–Trinajstić information content (AvgIpc) is 2.95. The third-order valence-corrected chi connectivity index (χ3v) is 3.21. The number of nitrogens with one attached hydrogen (secondary N) is 1. The fourth-order valence-corrected chi connectivity index (χ4v) is 1.93. The molecule has 2 rings (SSSR count). The highest BCUT2D eigenvalue weighted by molar-refractivity contribution is 5.91. The van der Waals surface area contributed by atoms with Crippen molar-refractivity contribution in [3.63, 3.8) is 0 Å². The molecule has 0 fully saturated rings. The van der Waals surface area contributed by atoms with E-state index in [1.54, 1.807) is 24.3 Å². The number of rotatable bonds is 5. The first kappa shape index (κ1) is 16.7. The number of nitrogens with zero attached hydrogens (tertiary/aromatic N) is 3. The van der Waals surface area contributed by atoms with Gasteiger partial charge in [0.15, 0.2) is 5.69 Å². The Morgan fingerprint density at radius 3 is 2.65 bits per heavy atom. The van der Waals surface area contributed by atoms with Gasteiger partial charge in [-0.05, 0) is 30.0 Å². The molecule has 0 saturated heterocycles. The van der Waals surface area contributed by atoms with E-state index in [4.69, 9.17) is 5.11 Å². The third-order valence-electron chi connectivity index (χ3n) is 3.21. The molecule has 0 aliphatic carbocycles. The van der Waals surface area contributed by atoms with Crippen LogP contribution in [0.25, 0.3) is 5.69 Å². The lowest BCUT2D eigenvalue weighted by Crippen LogP contribution is -2.15. The van der Waals surface area contributed by atoms with Crippen LogP contribution in [0.1, 0.15) is 44.1 Å². The van der Waals surface area contributed by atoms with Crippen molar-refractivity contribution in [2.45, 2.75) is 33.6 Å². The standard InChI is InChI=1S/C16H20N4O3/c1-16(2,3)8-7-14(21)17-11-5-4-6-12(9-11)20-10-13(15(22)23)18-19-20/h4-6,9-10H,7-8H2,1-3H3,(H,17,21)(H,22,23). The van der Waals surface area contributed by atoms with Gasteiger partial charge in [-0.1, -0.05) is 32.1 Å². The van der Waals surface area contributed by atoms with Gasteiger partial charge >= 0.3 is 5.97 Å². The summed E-state index contributed by atoms with van der Waals surface area (Å²) in [6.07, 6.45) is 2.56. The Hall–Kier alpha value is -2.70. The van der Waals surface area contributed by atoms with Crippen molar-refractivity contribution < 1.29 is 14.7 Å². The van der Waals surface area contributed by atoms with Gasteiger partial charge < -0.3 is 10.4 Å². The fourth-order valence-electron chi connectivity index (χ4n) is 1.93. The van der Waals surface area contributed by atoms with Gasteiger partial charge in [0.25, 0.3) is 0 Å². The molecule has 0 aliphatic rings. The lowest BCUT2D eigenvalue weighted by molar-refractivity contribution is -0.116. The van der Waals surface area contributed by atoms with Gasteiger partial charge in [-0.15, -0.1) is 5.10 Å². The van der Waals surface area contributed by atoms with Gasteiger partial charge in [0.05, 0.1) is 11.9 Å². The van der Waals surface area contributed by atoms with E-state index < -0.39 is 5.97 Å². The van der Waals surface area contributed by atoms with Gasteiger partial charge in [0, 0.05) is 12.1 Å². The summed E-state index contributed by atoms with van der Waals surface area (Å²) in [5, 5.41) is 19.0. The molecule has 1 amide bonds. The van der Waals surface area contributed by atoms with Crippen LogP contribution in [0, 0.1) is 5.41 Å². The maximum absolute atomic E-state index is 12.0. The number of carboxylic acids is 1. The minimum atomic E-state index is -1.14. The van der Waals surface area contributed by atoms with Crippen LogP contribution in [-0.2, 0) is 4.79 Å². The van der Waals surface area contributed by atoms with E-state index in [0.717, 1.165) is 6.42 Å². The lowest BCUT2D eigenvalue weighted by Gasteiger charge is -2.17. The quantitative estimate of drug-likeness (QED) is 0.884. The van der Waals surface area contributed by atoms with Crippen molar-refractivity contribution >= 4 is 17.6 Å². The van der Waals surface area contributed by atoms with E-state index in [0.29, 0.717) is 17.8 Å². The number of aromatic nitrogens is 3. The van der Waals surface area contributed by atoms with Crippen molar-refractivity contribution in [2.75, 3.05) is 5.32 Å². The zero-order valence-corrected chi connectivity index (χ0v) is 13.4. The SMILES string of the molecule is CC(C)(C)CCC(=O)Nc1cccc(-n2cc(C(=O)O)nn2)c1. The van der Waals surface area contributed by atoms with Crippen LogP contribution in [0.5, 0.6) is 0 Å². The van der Waals surface area contributed by atoms with Crippen LogP contribution in [0.15, 0.2) is 30.5 Å². The Morgan fingerprint density at radius 1 is 1.30 bits per heavy atom. The van der Waals surface area contributed by atoms with Gasteiger partial charge in [0.1, 0.15) is 0 Å². The molecular weight excluding hydrogens is 296 g/mol. The molecule has 7 heteroatoms. The molecule has 7 nitrogen and oxygen atoms in total. The monoisotopic (exact) mass is 316 g/mol. The number of hydrogen-bond acceptors (Lipinski definition) is 4. The Morgan fingerprint density at radius 2 is 2.04 bits per heavy atom. The zero-order chi connectivity index (χ0) is 17.0. The van der Waals surface area contributed by atoms with Gasteiger partial charge in [0.2, 0.25) is 5.91 Å². The largest absolute Gasteiger partial charge is 0.476 e. The van der Waals surface area contributed by atoms with Crippen LogP contribution in [0.4, 0.5) is 5.69 Å². The molecule has 0 atom stereocenters. The smallest absolute Gasteiger partial charge is 0.358 e. The van der Waals surface area contributed by atoms with Crippen molar-refractivity contribution in [1.29, 1.82) is 0 Å². The molecule has 0 saturated carbocycles. The maximum atomic E-state index is 12.0. The number of carboxylic acid groups (broad SMARTS) is 1. The summed E-state index contributed by atoms with van der Waals surface area (Å²) in [5.74, 6) is -1.19. The molecule has 0 unspecified atom stereocenters. The fraction of sp³-hybridized carbons (Fsp3) is 0.375. The highest BCUT2D eigenvalue weighted by Crippen LogP contribution is 2.21. The lowest BCUT2D eigenvalue weighted by atomic mass is 9.90. The number of hydrogen-bond donors (Lipinski definition) is 2. The number of anilines is 1. The molecule has 0 bridgehead atoms. The number of amides is 1. The molecule has 122 valence electrons. The van der Waals surface area contributed by atoms with E-state index in [1.165, 1.54) is 10.9 Å². The number of carbonyl (C=O) groups excluding carboxylic acids is 1. The van der Waals surface area contributed by atoms with E-state index >= 15 is 0 Å². The molecule has 2 N–H and O–H groups in total. The van der Waals surface area contributed by atoms with Crippen LogP contribution in [0.2, 0.25) is 0 Å². The van der Waals surface area contributed by atoms with Crippen molar-refractivity contribution in [3.05, 3.63) is 36.2 Å². The van der Waals surface area contributed by atoms with E-state index in [9.17, 15) is 9.59 Å². The number of aromatic carboxylic acids is 1. The molecule has 23 heavy (non-hydrogen) atoms. The molecule has 0 spiro atoms. The second kappa shape index (κ2) is 6.60. The topological polar surface area (TPSA) is 97.1 Å². The van der Waals surface area contributed by atoms with Crippen LogP contribution < -0.4 is 5.32 Å². The molecule has 1 heterocycles. The Kier molecular flexibility index (Phi) is 4.78. The van der Waals surface area contributed by atoms with Crippen LogP contribution in [0.3, 0.4) is 0 Å². The molecule has 2 aromatic rings. The minimum Gasteiger partial charge on any atom is -0.476 e. The van der Waals surface area contributed by atoms with Gasteiger partial charge in [-0.2, -0.15) is 0 Å². The Balaban J connectivity index is 2.07. The Labute approximate surface area is 134 Å². The molecule has 1 aromatic heterocycles. The highest BCUT2D eigenvalue weighted by Gasteiger charge is 2.13. The highest BCUT2D eigenvalue weighted by atomic mass is 16.4. The average molecular weight is 316 g/mol. The van der Waals surface area contributed by atoms with E-state index in [1.807, 2.05) is 0 Å². The zero-order valence-electron chi connectivity index (χ0n) is 13.4. The van der Waals surface area contributed by atoms with Crippen molar-refractivity contribution in [2.24, 2.45) is 5.41 Å². The third kappa shape index (κ3) is 4.91. The Bertz CT molecular complexity index is 716. The summed E-state index contributed by atoms with van der Waals surface area (Å²) >= 11 is 0. The molecule has 0 aliphatic heterocycles. The van der Waals surface area contributed by atoms with Crippen molar-refractivity contribution in [3.8, 4) is 5.69 Å². The van der Waals surface area contributed by atoms with E-state index in [-0.39, 0.29) is 17.0 Å². The summed E-state index contributed by atoms with van der Waals surface area (Å²) < 4.78 is 1.36. The summed E-state index contributed by atoms with van der Waals surface area (Å²) in [7, 11) is 0. The molecule has 0 radical (unpaired) electrons. The predicted molar refractivity (Wildman–Crippen MR) is 85.6 cm³/mol. The number of benzene rings is 1. The first-order valence-corrected chi connectivity index (χ1v) is 7.30. The maximum Gasteiger partial charge on any atom is 0.358 e. The summed E-state index contributed by atoms with van der Waals surface area (Å²) in [6.45, 7) is 6.27. The second-order valence-corrected chi connectivity index (χ2v) is 6.51. The minimum absolute atomic E-state index is 0.0538. The molecule has 1 aromatic carbocycles. The first-order valence-electron chi connectivity index (χ1n) is 7.30. The number of carbonyl (C=O) groups is 2. The predicted octanol–water partition coefficient (Wildman–Crippen LogP) is 2.73. The van der Waals surface area contributed by atoms with Crippen LogP contribution >= 0.6 is 0 Å². The summed E-state index contributed by atoms with van der Waals surface area (Å²) in [5.41, 5.74) is 1.23. The normalized spacial score (nSPS) is 11.3. The molecular formula is C16H20N4O3. The summed E-state index contributed by atoms with van der Waals surface area (Å²) in [4.78, 5) is 22.8. The first-order chi connectivity index (χ1) is 10.7. The van der Waals surface area contributed by atoms with E-state index in [2.05, 4.69) is 36.4 Å². The van der Waals surface area contributed by atoms with Crippen molar-refractivity contribution in [1.82, 2.24) is 15.0 Å².